The Morgan fingerprint density at radius 1 is 1.38 bits per heavy atom. The summed E-state index contributed by atoms with van der Waals surface area (Å²) in [4.78, 5) is 25.1. The third kappa shape index (κ3) is 5.49. The second kappa shape index (κ2) is 9.25. The molecule has 2 aromatic rings. The van der Waals surface area contributed by atoms with Crippen molar-refractivity contribution in [2.24, 2.45) is 5.10 Å². The molecule has 0 radical (unpaired) electrons. The first-order valence-corrected chi connectivity index (χ1v) is 8.57. The summed E-state index contributed by atoms with van der Waals surface area (Å²) in [6.07, 6.45) is 2.67. The Morgan fingerprint density at radius 2 is 2.08 bits per heavy atom. The molecule has 9 nitrogen and oxygen atoms in total. The van der Waals surface area contributed by atoms with Crippen molar-refractivity contribution in [1.29, 1.82) is 0 Å². The summed E-state index contributed by atoms with van der Waals surface area (Å²) in [5, 5.41) is 14.6. The van der Waals surface area contributed by atoms with Gasteiger partial charge in [0.05, 0.1) is 27.2 Å². The number of ether oxygens (including phenoxy) is 2. The predicted molar refractivity (Wildman–Crippen MR) is 101 cm³/mol. The van der Waals surface area contributed by atoms with Gasteiger partial charge in [-0.15, -0.1) is 0 Å². The zero-order chi connectivity index (χ0) is 19.1. The largest absolute Gasteiger partial charge is 0.480 e. The molecule has 26 heavy (non-hydrogen) atoms. The Morgan fingerprint density at radius 3 is 2.62 bits per heavy atom. The Bertz CT molecular complexity index is 819. The van der Waals surface area contributed by atoms with Crippen molar-refractivity contribution in [3.63, 3.8) is 0 Å². The highest BCUT2D eigenvalue weighted by atomic mass is 79.9. The molecule has 0 aliphatic rings. The van der Waals surface area contributed by atoms with E-state index in [9.17, 15) is 14.9 Å². The minimum atomic E-state index is -0.529. The van der Waals surface area contributed by atoms with Crippen LogP contribution in [0.15, 0.2) is 44.5 Å². The van der Waals surface area contributed by atoms with Gasteiger partial charge in [-0.3, -0.25) is 15.5 Å². The number of hydrazone groups is 1. The topological polar surface area (TPSA) is 116 Å². The molecule has 11 heteroatoms. The van der Waals surface area contributed by atoms with Gasteiger partial charge in [0.2, 0.25) is 0 Å². The zero-order valence-electron chi connectivity index (χ0n) is 13.3. The predicted octanol–water partition coefficient (Wildman–Crippen LogP) is 3.51. The highest BCUT2D eigenvalue weighted by molar-refractivity contribution is 9.11. The van der Waals surface area contributed by atoms with Gasteiger partial charge in [0.1, 0.15) is 17.8 Å². The van der Waals surface area contributed by atoms with Gasteiger partial charge in [0, 0.05) is 6.07 Å². The normalized spacial score (nSPS) is 10.6. The second-order valence-electron chi connectivity index (χ2n) is 4.71. The number of nitro groups is 1. The molecule has 1 N–H and O–H groups in total. The van der Waals surface area contributed by atoms with Crippen LogP contribution in [0.5, 0.6) is 5.75 Å². The Hall–Kier alpha value is -2.53. The van der Waals surface area contributed by atoms with Crippen LogP contribution in [-0.2, 0) is 9.53 Å². The molecule has 0 saturated carbocycles. The van der Waals surface area contributed by atoms with Gasteiger partial charge < -0.3 is 9.47 Å². The van der Waals surface area contributed by atoms with E-state index < -0.39 is 10.9 Å². The van der Waals surface area contributed by atoms with E-state index in [2.05, 4.69) is 52.1 Å². The number of pyridine rings is 1. The van der Waals surface area contributed by atoms with Crippen molar-refractivity contribution in [2.75, 3.05) is 19.1 Å². The lowest BCUT2D eigenvalue weighted by molar-refractivity contribution is -0.385. The number of benzene rings is 1. The summed E-state index contributed by atoms with van der Waals surface area (Å²) >= 11 is 6.73. The van der Waals surface area contributed by atoms with Crippen LogP contribution in [0.2, 0.25) is 0 Å². The smallest absolute Gasteiger partial charge is 0.343 e. The van der Waals surface area contributed by atoms with Crippen molar-refractivity contribution < 1.29 is 19.2 Å². The van der Waals surface area contributed by atoms with E-state index in [-0.39, 0.29) is 12.3 Å². The van der Waals surface area contributed by atoms with E-state index in [1.165, 1.54) is 25.5 Å². The third-order valence-corrected chi connectivity index (χ3v) is 4.11. The molecule has 0 aliphatic heterocycles. The molecule has 1 heterocycles. The number of hydrogen-bond donors (Lipinski definition) is 1. The van der Waals surface area contributed by atoms with Crippen LogP contribution in [0.1, 0.15) is 5.56 Å². The fourth-order valence-electron chi connectivity index (χ4n) is 1.72. The average Bonchev–Trinajstić information content (AvgIpc) is 2.61. The lowest BCUT2D eigenvalue weighted by atomic mass is 10.2. The molecule has 2 rings (SSSR count). The van der Waals surface area contributed by atoms with Crippen molar-refractivity contribution in [2.45, 2.75) is 0 Å². The van der Waals surface area contributed by atoms with Gasteiger partial charge in [0.15, 0.2) is 6.61 Å². The van der Waals surface area contributed by atoms with Gasteiger partial charge >= 0.3 is 5.97 Å². The number of aromatic nitrogens is 1. The van der Waals surface area contributed by atoms with Gasteiger partial charge in [-0.2, -0.15) is 5.10 Å². The van der Waals surface area contributed by atoms with E-state index in [0.717, 1.165) is 11.8 Å². The summed E-state index contributed by atoms with van der Waals surface area (Å²) in [5.41, 5.74) is 3.30. The van der Waals surface area contributed by atoms with E-state index in [1.54, 1.807) is 12.1 Å². The molecule has 136 valence electrons. The number of carbonyl (C=O) groups is 1. The summed E-state index contributed by atoms with van der Waals surface area (Å²) in [6.45, 7) is -0.214. The van der Waals surface area contributed by atoms with Gasteiger partial charge in [-0.25, -0.2) is 9.78 Å². The fraction of sp³-hybridized carbons (Fsp3) is 0.133. The Kier molecular flexibility index (Phi) is 7.04. The summed E-state index contributed by atoms with van der Waals surface area (Å²) in [6, 6.07) is 6.26. The lowest BCUT2D eigenvalue weighted by Gasteiger charge is -2.10. The van der Waals surface area contributed by atoms with Crippen molar-refractivity contribution in [3.05, 3.63) is 55.1 Å². The number of nitrogens with zero attached hydrogens (tertiary/aromatic N) is 3. The van der Waals surface area contributed by atoms with Gasteiger partial charge in [0.25, 0.3) is 5.69 Å². The van der Waals surface area contributed by atoms with Crippen molar-refractivity contribution in [3.8, 4) is 5.75 Å². The fourth-order valence-corrected chi connectivity index (χ4v) is 3.17. The van der Waals surface area contributed by atoms with Crippen LogP contribution in [-0.4, -0.2) is 35.8 Å². The molecule has 0 atom stereocenters. The van der Waals surface area contributed by atoms with Gasteiger partial charge in [-0.1, -0.05) is 0 Å². The van der Waals surface area contributed by atoms with E-state index in [4.69, 9.17) is 4.74 Å². The minimum absolute atomic E-state index is 0.102. The maximum Gasteiger partial charge on any atom is 0.343 e. The molecule has 0 bridgehead atoms. The molecule has 0 amide bonds. The number of nitrogens with one attached hydrogen (secondary N) is 1. The Balaban J connectivity index is 2.03. The number of anilines is 1. The first-order valence-electron chi connectivity index (χ1n) is 6.99. The van der Waals surface area contributed by atoms with Crippen LogP contribution in [0.4, 0.5) is 11.5 Å². The quantitative estimate of drug-likeness (QED) is 0.275. The zero-order valence-corrected chi connectivity index (χ0v) is 16.5. The number of rotatable bonds is 7. The van der Waals surface area contributed by atoms with E-state index in [1.807, 2.05) is 0 Å². The van der Waals surface area contributed by atoms with Crippen LogP contribution in [0.3, 0.4) is 0 Å². The maximum absolute atomic E-state index is 11.2. The molecule has 0 fully saturated rings. The molecule has 0 spiro atoms. The van der Waals surface area contributed by atoms with Crippen LogP contribution in [0, 0.1) is 10.1 Å². The molecular formula is C15H12Br2N4O5. The average molecular weight is 488 g/mol. The maximum atomic E-state index is 11.2. The highest BCUT2D eigenvalue weighted by Gasteiger charge is 2.11. The summed E-state index contributed by atoms with van der Waals surface area (Å²) < 4.78 is 11.1. The molecule has 1 aromatic heterocycles. The van der Waals surface area contributed by atoms with Crippen LogP contribution in [0.25, 0.3) is 0 Å². The number of halogens is 2. The number of methoxy groups -OCH3 is 1. The van der Waals surface area contributed by atoms with Crippen molar-refractivity contribution >= 4 is 55.5 Å². The summed E-state index contributed by atoms with van der Waals surface area (Å²) in [7, 11) is 1.28. The molecule has 0 saturated heterocycles. The molecule has 0 unspecified atom stereocenters. The standard InChI is InChI=1S/C15H12Br2N4O5/c1-25-14(22)8-26-15-11(16)4-9(5-12(15)17)6-19-20-13-3-2-10(7-18-13)21(23)24/h2-7H,8H2,1H3,(H,18,20)/b19-6+. The Labute approximate surface area is 164 Å². The summed E-state index contributed by atoms with van der Waals surface area (Å²) in [5.74, 6) is 0.329. The SMILES string of the molecule is COC(=O)COc1c(Br)cc(/C=N/Nc2ccc([N+](=O)[O-])cn2)cc1Br. The molecule has 1 aromatic carbocycles. The van der Waals surface area contributed by atoms with Crippen LogP contribution < -0.4 is 10.2 Å². The number of hydrogen-bond acceptors (Lipinski definition) is 8. The second-order valence-corrected chi connectivity index (χ2v) is 6.42. The first kappa shape index (κ1) is 19.8. The molecular weight excluding hydrogens is 476 g/mol. The molecule has 0 aliphatic carbocycles. The van der Waals surface area contributed by atoms with Crippen LogP contribution >= 0.6 is 31.9 Å². The first-order chi connectivity index (χ1) is 12.4. The minimum Gasteiger partial charge on any atom is -0.480 e. The monoisotopic (exact) mass is 486 g/mol. The van der Waals surface area contributed by atoms with Gasteiger partial charge in [-0.05, 0) is 55.6 Å². The number of carbonyl (C=O) groups excluding carboxylic acids is 1. The van der Waals surface area contributed by atoms with E-state index >= 15 is 0 Å². The van der Waals surface area contributed by atoms with E-state index in [0.29, 0.717) is 20.5 Å². The highest BCUT2D eigenvalue weighted by Crippen LogP contribution is 2.34. The third-order valence-electron chi connectivity index (χ3n) is 2.93. The van der Waals surface area contributed by atoms with Crippen molar-refractivity contribution in [1.82, 2.24) is 4.98 Å². The lowest BCUT2D eigenvalue weighted by Crippen LogP contribution is -2.13. The number of esters is 1.